The van der Waals surface area contributed by atoms with E-state index < -0.39 is 29.8 Å². The Morgan fingerprint density at radius 3 is 2.46 bits per heavy atom. The fraction of sp³-hybridized carbons (Fsp3) is 0.409. The number of piperidine rings is 1. The standard InChI is InChI=1S/C22H24F3NO2/c1-2-15-9-11-16(12-10-15)20(26-13-4-3-8-19(26)21(27)28)17-6-5-7-18(14-17)22(23,24)25/h5-7,9-12,14,19-20H,2-4,8,13H2,1H3,(H,27,28). The zero-order valence-corrected chi connectivity index (χ0v) is 15.7. The van der Waals surface area contributed by atoms with E-state index in [4.69, 9.17) is 0 Å². The van der Waals surface area contributed by atoms with Crippen molar-refractivity contribution < 1.29 is 23.1 Å². The minimum Gasteiger partial charge on any atom is -0.480 e. The number of nitrogens with zero attached hydrogens (tertiary/aromatic N) is 1. The van der Waals surface area contributed by atoms with Crippen molar-refractivity contribution in [1.29, 1.82) is 0 Å². The lowest BCUT2D eigenvalue weighted by atomic mass is 9.90. The van der Waals surface area contributed by atoms with Crippen LogP contribution in [0, 0.1) is 0 Å². The molecular formula is C22H24F3NO2. The second kappa shape index (κ2) is 8.35. The monoisotopic (exact) mass is 391 g/mol. The molecule has 0 saturated carbocycles. The first-order valence-corrected chi connectivity index (χ1v) is 9.55. The van der Waals surface area contributed by atoms with E-state index in [0.717, 1.165) is 42.5 Å². The van der Waals surface area contributed by atoms with E-state index >= 15 is 0 Å². The molecule has 2 atom stereocenters. The number of carboxylic acids is 1. The van der Waals surface area contributed by atoms with Crippen LogP contribution in [0.5, 0.6) is 0 Å². The quantitative estimate of drug-likeness (QED) is 0.752. The molecule has 2 aromatic carbocycles. The van der Waals surface area contributed by atoms with Gasteiger partial charge in [0.1, 0.15) is 6.04 Å². The Kier molecular flexibility index (Phi) is 6.08. The number of halogens is 3. The highest BCUT2D eigenvalue weighted by molar-refractivity contribution is 5.73. The van der Waals surface area contributed by atoms with Crippen LogP contribution in [0.2, 0.25) is 0 Å². The number of aryl methyl sites for hydroxylation is 1. The van der Waals surface area contributed by atoms with Gasteiger partial charge in [-0.2, -0.15) is 13.2 Å². The van der Waals surface area contributed by atoms with Crippen molar-refractivity contribution in [1.82, 2.24) is 4.90 Å². The Bertz CT molecular complexity index is 817. The van der Waals surface area contributed by atoms with E-state index in [2.05, 4.69) is 0 Å². The minimum atomic E-state index is -4.44. The topological polar surface area (TPSA) is 40.5 Å². The highest BCUT2D eigenvalue weighted by Gasteiger charge is 2.36. The maximum Gasteiger partial charge on any atom is 0.416 e. The summed E-state index contributed by atoms with van der Waals surface area (Å²) in [6.07, 6.45) is -1.46. The molecule has 1 aliphatic heterocycles. The first-order chi connectivity index (χ1) is 13.3. The van der Waals surface area contributed by atoms with Crippen LogP contribution in [-0.2, 0) is 17.4 Å². The first kappa shape index (κ1) is 20.4. The number of rotatable bonds is 5. The highest BCUT2D eigenvalue weighted by Crippen LogP contribution is 2.37. The van der Waals surface area contributed by atoms with Crippen molar-refractivity contribution in [3.05, 3.63) is 70.8 Å². The number of carboxylic acid groups (broad SMARTS) is 1. The predicted octanol–water partition coefficient (Wildman–Crippen LogP) is 5.30. The summed E-state index contributed by atoms with van der Waals surface area (Å²) in [7, 11) is 0. The van der Waals surface area contributed by atoms with Gasteiger partial charge < -0.3 is 5.11 Å². The molecule has 0 spiro atoms. The third kappa shape index (κ3) is 4.38. The van der Waals surface area contributed by atoms with Crippen LogP contribution in [0.1, 0.15) is 54.5 Å². The number of hydrogen-bond acceptors (Lipinski definition) is 2. The lowest BCUT2D eigenvalue weighted by Gasteiger charge is -2.39. The molecule has 0 radical (unpaired) electrons. The summed E-state index contributed by atoms with van der Waals surface area (Å²) >= 11 is 0. The molecule has 0 aliphatic carbocycles. The fourth-order valence-electron chi connectivity index (χ4n) is 3.92. The van der Waals surface area contributed by atoms with Crippen molar-refractivity contribution in [2.45, 2.75) is 50.9 Å². The maximum absolute atomic E-state index is 13.3. The minimum absolute atomic E-state index is 0.465. The SMILES string of the molecule is CCc1ccc(C(c2cccc(C(F)(F)F)c2)N2CCCCC2C(=O)O)cc1. The Labute approximate surface area is 162 Å². The molecule has 1 saturated heterocycles. The summed E-state index contributed by atoms with van der Waals surface area (Å²) in [5.41, 5.74) is 1.68. The second-order valence-electron chi connectivity index (χ2n) is 7.21. The molecule has 0 aromatic heterocycles. The Morgan fingerprint density at radius 2 is 1.86 bits per heavy atom. The second-order valence-corrected chi connectivity index (χ2v) is 7.21. The van der Waals surface area contributed by atoms with Crippen LogP contribution in [0.4, 0.5) is 13.2 Å². The van der Waals surface area contributed by atoms with E-state index in [-0.39, 0.29) is 0 Å². The molecular weight excluding hydrogens is 367 g/mol. The molecule has 0 amide bonds. The van der Waals surface area contributed by atoms with Crippen molar-refractivity contribution in [2.75, 3.05) is 6.54 Å². The Balaban J connectivity index is 2.09. The van der Waals surface area contributed by atoms with Crippen molar-refractivity contribution >= 4 is 5.97 Å². The zero-order chi connectivity index (χ0) is 20.3. The Morgan fingerprint density at radius 1 is 1.14 bits per heavy atom. The number of aliphatic carboxylic acids is 1. The largest absolute Gasteiger partial charge is 0.480 e. The van der Waals surface area contributed by atoms with Crippen LogP contribution in [0.15, 0.2) is 48.5 Å². The third-order valence-corrected chi connectivity index (χ3v) is 5.39. The molecule has 28 heavy (non-hydrogen) atoms. The molecule has 1 heterocycles. The molecule has 3 nitrogen and oxygen atoms in total. The van der Waals surface area contributed by atoms with Gasteiger partial charge in [-0.15, -0.1) is 0 Å². The summed E-state index contributed by atoms with van der Waals surface area (Å²) < 4.78 is 39.8. The molecule has 1 N–H and O–H groups in total. The molecule has 2 unspecified atom stereocenters. The third-order valence-electron chi connectivity index (χ3n) is 5.39. The average molecular weight is 391 g/mol. The highest BCUT2D eigenvalue weighted by atomic mass is 19.4. The van der Waals surface area contributed by atoms with Gasteiger partial charge >= 0.3 is 12.1 Å². The molecule has 2 aromatic rings. The maximum atomic E-state index is 13.3. The van der Waals surface area contributed by atoms with Crippen LogP contribution >= 0.6 is 0 Å². The number of alkyl halides is 3. The fourth-order valence-corrected chi connectivity index (χ4v) is 3.92. The summed E-state index contributed by atoms with van der Waals surface area (Å²) in [5, 5.41) is 9.70. The van der Waals surface area contributed by atoms with Gasteiger partial charge in [0.05, 0.1) is 11.6 Å². The van der Waals surface area contributed by atoms with Crippen LogP contribution in [-0.4, -0.2) is 28.6 Å². The van der Waals surface area contributed by atoms with Gasteiger partial charge in [0.2, 0.25) is 0 Å². The molecule has 150 valence electrons. The summed E-state index contributed by atoms with van der Waals surface area (Å²) in [5.74, 6) is -0.929. The summed E-state index contributed by atoms with van der Waals surface area (Å²) in [6, 6.07) is 11.7. The molecule has 3 rings (SSSR count). The number of carbonyl (C=O) groups is 1. The van der Waals surface area contributed by atoms with Gasteiger partial charge in [-0.1, -0.05) is 49.7 Å². The molecule has 0 bridgehead atoms. The van der Waals surface area contributed by atoms with Gasteiger partial charge in [-0.25, -0.2) is 0 Å². The van der Waals surface area contributed by atoms with Crippen LogP contribution < -0.4 is 0 Å². The summed E-state index contributed by atoms with van der Waals surface area (Å²) in [4.78, 5) is 13.7. The van der Waals surface area contributed by atoms with Gasteiger partial charge in [0, 0.05) is 0 Å². The van der Waals surface area contributed by atoms with Gasteiger partial charge in [0.15, 0.2) is 0 Å². The lowest BCUT2D eigenvalue weighted by Crippen LogP contribution is -2.46. The smallest absolute Gasteiger partial charge is 0.416 e. The van der Waals surface area contributed by atoms with Gasteiger partial charge in [0.25, 0.3) is 0 Å². The van der Waals surface area contributed by atoms with E-state index in [9.17, 15) is 23.1 Å². The predicted molar refractivity (Wildman–Crippen MR) is 101 cm³/mol. The van der Waals surface area contributed by atoms with Crippen molar-refractivity contribution in [3.63, 3.8) is 0 Å². The normalized spacial score (nSPS) is 19.4. The molecule has 6 heteroatoms. The van der Waals surface area contributed by atoms with Crippen LogP contribution in [0.3, 0.4) is 0 Å². The number of likely N-dealkylation sites (tertiary alicyclic amines) is 1. The zero-order valence-electron chi connectivity index (χ0n) is 15.7. The lowest BCUT2D eigenvalue weighted by molar-refractivity contribution is -0.145. The van der Waals surface area contributed by atoms with E-state index in [1.54, 1.807) is 6.07 Å². The summed E-state index contributed by atoms with van der Waals surface area (Å²) in [6.45, 7) is 2.57. The van der Waals surface area contributed by atoms with E-state index in [1.807, 2.05) is 36.1 Å². The van der Waals surface area contributed by atoms with Gasteiger partial charge in [-0.05, 0) is 54.6 Å². The van der Waals surface area contributed by atoms with Crippen LogP contribution in [0.25, 0.3) is 0 Å². The molecule has 1 aliphatic rings. The average Bonchev–Trinajstić information content (AvgIpc) is 2.68. The van der Waals surface area contributed by atoms with Crippen molar-refractivity contribution in [3.8, 4) is 0 Å². The molecule has 1 fully saturated rings. The number of hydrogen-bond donors (Lipinski definition) is 1. The Hall–Kier alpha value is -2.34. The van der Waals surface area contributed by atoms with Crippen molar-refractivity contribution in [2.24, 2.45) is 0 Å². The number of benzene rings is 2. The van der Waals surface area contributed by atoms with Gasteiger partial charge in [-0.3, -0.25) is 9.69 Å². The van der Waals surface area contributed by atoms with E-state index in [0.29, 0.717) is 18.5 Å². The first-order valence-electron chi connectivity index (χ1n) is 9.55. The van der Waals surface area contributed by atoms with E-state index in [1.165, 1.54) is 6.07 Å².